The number of ether oxygens (including phenoxy) is 2. The molecule has 1 aromatic heterocycles. The molecule has 0 radical (unpaired) electrons. The Morgan fingerprint density at radius 1 is 1.14 bits per heavy atom. The summed E-state index contributed by atoms with van der Waals surface area (Å²) < 4.78 is 9.82. The van der Waals surface area contributed by atoms with Crippen LogP contribution in [-0.4, -0.2) is 42.5 Å². The molecule has 7 heteroatoms. The molecule has 0 fully saturated rings. The van der Waals surface area contributed by atoms with E-state index in [4.69, 9.17) is 9.47 Å². The maximum Gasteiger partial charge on any atom is 0.340 e. The van der Waals surface area contributed by atoms with Gasteiger partial charge in [0.2, 0.25) is 5.78 Å². The first-order chi connectivity index (χ1) is 13.2. The lowest BCUT2D eigenvalue weighted by Gasteiger charge is -2.17. The van der Waals surface area contributed by atoms with Crippen molar-refractivity contribution in [3.05, 3.63) is 51.8 Å². The summed E-state index contributed by atoms with van der Waals surface area (Å²) in [5.41, 5.74) is 3.86. The number of carbonyl (C=O) groups excluding carboxylic acids is 3. The van der Waals surface area contributed by atoms with Gasteiger partial charge in [0.15, 0.2) is 0 Å². The second-order valence-corrected chi connectivity index (χ2v) is 6.60. The van der Waals surface area contributed by atoms with Crippen molar-refractivity contribution < 1.29 is 23.9 Å². The van der Waals surface area contributed by atoms with E-state index in [-0.39, 0.29) is 12.4 Å². The van der Waals surface area contributed by atoms with E-state index in [1.165, 1.54) is 7.11 Å². The fourth-order valence-corrected chi connectivity index (χ4v) is 3.04. The number of esters is 2. The maximum absolute atomic E-state index is 13.0. The Morgan fingerprint density at radius 3 is 2.43 bits per heavy atom. The fraction of sp³-hybridized carbons (Fsp3) is 0.381. The first-order valence-corrected chi connectivity index (χ1v) is 9.07. The largest absolute Gasteiger partial charge is 0.465 e. The number of hydrogen-bond acceptors (Lipinski definition) is 6. The summed E-state index contributed by atoms with van der Waals surface area (Å²) in [7, 11) is 1.32. The van der Waals surface area contributed by atoms with Gasteiger partial charge in [-0.05, 0) is 57.9 Å². The maximum atomic E-state index is 13.0. The highest BCUT2D eigenvalue weighted by molar-refractivity contribution is 6.05. The number of Topliss-reactive ketones (excluding diaryl/α,β-unsaturated/α-hetero) is 1. The third-order valence-electron chi connectivity index (χ3n) is 4.59. The Hall–Kier alpha value is -3.09. The number of anilines is 1. The number of carbonyl (C=O) groups is 3. The molecule has 1 aromatic carbocycles. The van der Waals surface area contributed by atoms with E-state index in [1.807, 2.05) is 6.92 Å². The van der Waals surface area contributed by atoms with Crippen molar-refractivity contribution in [3.63, 3.8) is 0 Å². The lowest BCUT2D eigenvalue weighted by Crippen LogP contribution is -2.27. The summed E-state index contributed by atoms with van der Waals surface area (Å²) in [6.07, 6.45) is 0. The Kier molecular flexibility index (Phi) is 6.62. The molecular weight excluding hydrogens is 360 g/mol. The minimum atomic E-state index is -0.585. The van der Waals surface area contributed by atoms with Gasteiger partial charge in [-0.2, -0.15) is 0 Å². The van der Waals surface area contributed by atoms with Crippen LogP contribution in [0.4, 0.5) is 5.69 Å². The van der Waals surface area contributed by atoms with Crippen LogP contribution in [0.5, 0.6) is 0 Å². The third kappa shape index (κ3) is 4.24. The minimum absolute atomic E-state index is 0.195. The second kappa shape index (κ2) is 8.73. The van der Waals surface area contributed by atoms with Crippen molar-refractivity contribution >= 4 is 23.4 Å². The number of aromatic nitrogens is 1. The van der Waals surface area contributed by atoms with Crippen LogP contribution in [0.2, 0.25) is 0 Å². The summed E-state index contributed by atoms with van der Waals surface area (Å²) in [5.74, 6) is -1.09. The number of rotatable bonds is 7. The lowest BCUT2D eigenvalue weighted by atomic mass is 10.0. The molecule has 0 bridgehead atoms. The number of methoxy groups -OCH3 is 1. The van der Waals surface area contributed by atoms with Crippen molar-refractivity contribution in [1.82, 2.24) is 4.98 Å². The molecule has 1 heterocycles. The molecule has 2 rings (SSSR count). The van der Waals surface area contributed by atoms with Crippen LogP contribution in [0, 0.1) is 20.8 Å². The van der Waals surface area contributed by atoms with Gasteiger partial charge in [0, 0.05) is 11.4 Å². The molecule has 0 aliphatic rings. The Bertz CT molecular complexity index is 914. The summed E-state index contributed by atoms with van der Waals surface area (Å²) in [6, 6.07) is 4.53. The van der Waals surface area contributed by atoms with E-state index in [2.05, 4.69) is 10.3 Å². The summed E-state index contributed by atoms with van der Waals surface area (Å²) in [6.45, 7) is 9.06. The number of hydrogen-bond donors (Lipinski definition) is 2. The van der Waals surface area contributed by atoms with Crippen LogP contribution in [0.1, 0.15) is 61.9 Å². The van der Waals surface area contributed by atoms with E-state index in [9.17, 15) is 14.4 Å². The van der Waals surface area contributed by atoms with Gasteiger partial charge >= 0.3 is 11.9 Å². The smallest absolute Gasteiger partial charge is 0.340 e. The molecule has 7 nitrogen and oxygen atoms in total. The summed E-state index contributed by atoms with van der Waals surface area (Å²) in [5, 5.41) is 3.14. The van der Waals surface area contributed by atoms with Crippen LogP contribution >= 0.6 is 0 Å². The molecule has 0 amide bonds. The van der Waals surface area contributed by atoms with Crippen LogP contribution in [-0.2, 0) is 9.47 Å². The van der Waals surface area contributed by atoms with Crippen molar-refractivity contribution in [3.8, 4) is 0 Å². The first kappa shape index (κ1) is 21.2. The Balaban J connectivity index is 2.28. The van der Waals surface area contributed by atoms with E-state index >= 15 is 0 Å². The molecule has 0 unspecified atom stereocenters. The topological polar surface area (TPSA) is 97.5 Å². The second-order valence-electron chi connectivity index (χ2n) is 6.60. The van der Waals surface area contributed by atoms with Gasteiger partial charge in [-0.1, -0.05) is 6.07 Å². The number of H-pyrrole nitrogens is 1. The third-order valence-corrected chi connectivity index (χ3v) is 4.59. The Labute approximate surface area is 164 Å². The highest BCUT2D eigenvalue weighted by Gasteiger charge is 2.26. The number of aromatic amines is 1. The van der Waals surface area contributed by atoms with Crippen LogP contribution in [0.15, 0.2) is 18.2 Å². The van der Waals surface area contributed by atoms with Gasteiger partial charge in [-0.25, -0.2) is 9.59 Å². The molecule has 0 aliphatic carbocycles. The standard InChI is InChI=1S/C21H26N2O5/c1-7-28-21(26)17-12(3)18(23-13(17)4)19(24)14(5)22-16-10-15(20(25)27-6)9-8-11(16)2/h8-10,14,22-23H,7H2,1-6H3/t14-/m0/s1. The quantitative estimate of drug-likeness (QED) is 0.557. The van der Waals surface area contributed by atoms with Crippen LogP contribution in [0.25, 0.3) is 0 Å². The molecular formula is C21H26N2O5. The van der Waals surface area contributed by atoms with Crippen LogP contribution in [0.3, 0.4) is 0 Å². The van der Waals surface area contributed by atoms with Gasteiger partial charge in [-0.3, -0.25) is 4.79 Å². The van der Waals surface area contributed by atoms with Gasteiger partial charge in [0.25, 0.3) is 0 Å². The molecule has 2 N–H and O–H groups in total. The van der Waals surface area contributed by atoms with Crippen molar-refractivity contribution in [2.45, 2.75) is 40.7 Å². The number of nitrogens with one attached hydrogen (secondary N) is 2. The van der Waals surface area contributed by atoms with Crippen molar-refractivity contribution in [2.24, 2.45) is 0 Å². The average Bonchev–Trinajstić information content (AvgIpc) is 2.96. The Morgan fingerprint density at radius 2 is 1.82 bits per heavy atom. The molecule has 0 spiro atoms. The number of aryl methyl sites for hydroxylation is 2. The zero-order valence-corrected chi connectivity index (χ0v) is 17.1. The number of ketones is 1. The molecule has 28 heavy (non-hydrogen) atoms. The zero-order valence-electron chi connectivity index (χ0n) is 17.1. The zero-order chi connectivity index (χ0) is 21.0. The number of benzene rings is 1. The molecule has 2 aromatic rings. The molecule has 1 atom stereocenters. The molecule has 0 aliphatic heterocycles. The normalized spacial score (nSPS) is 11.6. The van der Waals surface area contributed by atoms with E-state index < -0.39 is 18.0 Å². The monoisotopic (exact) mass is 386 g/mol. The first-order valence-electron chi connectivity index (χ1n) is 9.07. The average molecular weight is 386 g/mol. The van der Waals surface area contributed by atoms with Gasteiger partial charge in [0.05, 0.1) is 36.6 Å². The highest BCUT2D eigenvalue weighted by Crippen LogP contribution is 2.23. The molecule has 0 saturated heterocycles. The highest BCUT2D eigenvalue weighted by atomic mass is 16.5. The van der Waals surface area contributed by atoms with E-state index in [0.29, 0.717) is 33.8 Å². The van der Waals surface area contributed by atoms with Gasteiger partial charge in [0.1, 0.15) is 0 Å². The predicted octanol–water partition coefficient (Wildman–Crippen LogP) is 3.59. The van der Waals surface area contributed by atoms with Crippen molar-refractivity contribution in [2.75, 3.05) is 19.0 Å². The van der Waals surface area contributed by atoms with Gasteiger partial charge < -0.3 is 19.8 Å². The van der Waals surface area contributed by atoms with E-state index in [0.717, 1.165) is 5.56 Å². The predicted molar refractivity (Wildman–Crippen MR) is 106 cm³/mol. The van der Waals surface area contributed by atoms with Gasteiger partial charge in [-0.15, -0.1) is 0 Å². The van der Waals surface area contributed by atoms with E-state index in [1.54, 1.807) is 45.9 Å². The fourth-order valence-electron chi connectivity index (χ4n) is 3.04. The molecule has 0 saturated carbocycles. The summed E-state index contributed by atoms with van der Waals surface area (Å²) >= 11 is 0. The minimum Gasteiger partial charge on any atom is -0.465 e. The summed E-state index contributed by atoms with van der Waals surface area (Å²) in [4.78, 5) is 39.9. The lowest BCUT2D eigenvalue weighted by molar-refractivity contribution is 0.0524. The molecule has 150 valence electrons. The van der Waals surface area contributed by atoms with Crippen molar-refractivity contribution in [1.29, 1.82) is 0 Å². The van der Waals surface area contributed by atoms with Crippen LogP contribution < -0.4 is 5.32 Å². The SMILES string of the molecule is CCOC(=O)c1c(C)[nH]c(C(=O)[C@H](C)Nc2cc(C(=O)OC)ccc2C)c1C.